The molecule has 2 aliphatic rings. The summed E-state index contributed by atoms with van der Waals surface area (Å²) in [6.07, 6.45) is 12.3. The number of fused-ring (bicyclic) bond motifs is 1. The molecule has 0 aromatic carbocycles. The molecule has 2 aliphatic carbocycles. The molecule has 1 amide bonds. The van der Waals surface area contributed by atoms with Gasteiger partial charge in [0.05, 0.1) is 12.2 Å². The monoisotopic (exact) mass is 275 g/mol. The molecule has 1 fully saturated rings. The predicted octanol–water partition coefficient (Wildman–Crippen LogP) is 2.88. The molecule has 1 atom stereocenters. The third-order valence-electron chi connectivity index (χ3n) is 4.91. The summed E-state index contributed by atoms with van der Waals surface area (Å²) in [6.45, 7) is 0. The molecular weight excluding hydrogens is 250 g/mol. The highest BCUT2D eigenvalue weighted by Crippen LogP contribution is 2.30. The van der Waals surface area contributed by atoms with E-state index in [0.29, 0.717) is 12.3 Å². The molecule has 4 heteroatoms. The van der Waals surface area contributed by atoms with E-state index in [2.05, 4.69) is 10.4 Å². The summed E-state index contributed by atoms with van der Waals surface area (Å²) in [6, 6.07) is 0.184. The minimum absolute atomic E-state index is 0.184. The summed E-state index contributed by atoms with van der Waals surface area (Å²) in [5.74, 6) is 0.847. The third-order valence-corrected chi connectivity index (χ3v) is 4.91. The first-order chi connectivity index (χ1) is 9.74. The van der Waals surface area contributed by atoms with Gasteiger partial charge in [0.15, 0.2) is 0 Å². The summed E-state index contributed by atoms with van der Waals surface area (Å²) in [4.78, 5) is 12.3. The lowest BCUT2D eigenvalue weighted by atomic mass is 9.86. The molecular formula is C16H25N3O. The fourth-order valence-electron chi connectivity index (χ4n) is 3.76. The Morgan fingerprint density at radius 3 is 2.90 bits per heavy atom. The molecule has 0 aliphatic heterocycles. The Bertz CT molecular complexity index is 474. The van der Waals surface area contributed by atoms with Gasteiger partial charge in [-0.3, -0.25) is 9.48 Å². The Kier molecular flexibility index (Phi) is 4.08. The first-order valence-electron chi connectivity index (χ1n) is 8.04. The number of rotatable bonds is 3. The summed E-state index contributed by atoms with van der Waals surface area (Å²) < 4.78 is 1.95. The maximum atomic E-state index is 12.3. The van der Waals surface area contributed by atoms with Gasteiger partial charge >= 0.3 is 0 Å². The van der Waals surface area contributed by atoms with Crippen molar-refractivity contribution in [3.8, 4) is 0 Å². The number of hydrogen-bond acceptors (Lipinski definition) is 2. The van der Waals surface area contributed by atoms with E-state index >= 15 is 0 Å². The molecule has 110 valence electrons. The predicted molar refractivity (Wildman–Crippen MR) is 78.2 cm³/mol. The van der Waals surface area contributed by atoms with Crippen LogP contribution in [0.15, 0.2) is 6.20 Å². The van der Waals surface area contributed by atoms with Crippen molar-refractivity contribution in [3.63, 3.8) is 0 Å². The zero-order chi connectivity index (χ0) is 13.9. The Morgan fingerprint density at radius 2 is 2.10 bits per heavy atom. The molecule has 4 nitrogen and oxygen atoms in total. The molecule has 0 saturated heterocycles. The zero-order valence-corrected chi connectivity index (χ0v) is 12.4. The number of nitrogens with one attached hydrogen (secondary N) is 1. The molecule has 0 unspecified atom stereocenters. The minimum atomic E-state index is 0.184. The quantitative estimate of drug-likeness (QED) is 0.922. The van der Waals surface area contributed by atoms with Gasteiger partial charge in [-0.05, 0) is 38.0 Å². The molecule has 0 bridgehead atoms. The molecule has 1 aromatic heterocycles. The van der Waals surface area contributed by atoms with E-state index in [-0.39, 0.29) is 11.9 Å². The van der Waals surface area contributed by atoms with Gasteiger partial charge in [-0.2, -0.15) is 5.10 Å². The summed E-state index contributed by atoms with van der Waals surface area (Å²) in [5, 5.41) is 7.58. The third kappa shape index (κ3) is 2.89. The van der Waals surface area contributed by atoms with Crippen molar-refractivity contribution in [2.75, 3.05) is 0 Å². The Hall–Kier alpha value is -1.32. The fraction of sp³-hybridized carbons (Fsp3) is 0.750. The van der Waals surface area contributed by atoms with E-state index in [0.717, 1.165) is 19.3 Å². The Labute approximate surface area is 120 Å². The number of carbonyl (C=O) groups excluding carboxylic acids is 1. The van der Waals surface area contributed by atoms with Gasteiger partial charge in [0.1, 0.15) is 0 Å². The van der Waals surface area contributed by atoms with Crippen LogP contribution in [-0.4, -0.2) is 15.7 Å². The smallest absolute Gasteiger partial charge is 0.220 e. The SMILES string of the molecule is Cn1ncc2c1CCC[C@@H]2NC(=O)CC1CCCCC1. The molecule has 1 aromatic rings. The molecule has 3 rings (SSSR count). The van der Waals surface area contributed by atoms with Gasteiger partial charge in [-0.1, -0.05) is 19.3 Å². The van der Waals surface area contributed by atoms with E-state index < -0.39 is 0 Å². The second-order valence-electron chi connectivity index (χ2n) is 6.39. The van der Waals surface area contributed by atoms with Gasteiger partial charge in [0.25, 0.3) is 0 Å². The maximum absolute atomic E-state index is 12.3. The normalized spacial score (nSPS) is 23.4. The maximum Gasteiger partial charge on any atom is 0.220 e. The van der Waals surface area contributed by atoms with E-state index in [1.165, 1.54) is 43.4 Å². The van der Waals surface area contributed by atoms with Crippen LogP contribution in [0.3, 0.4) is 0 Å². The number of nitrogens with zero attached hydrogens (tertiary/aromatic N) is 2. The van der Waals surface area contributed by atoms with Crippen LogP contribution >= 0.6 is 0 Å². The van der Waals surface area contributed by atoms with E-state index in [4.69, 9.17) is 0 Å². The Balaban J connectivity index is 1.59. The van der Waals surface area contributed by atoms with Gasteiger partial charge in [0.2, 0.25) is 5.91 Å². The van der Waals surface area contributed by atoms with Gasteiger partial charge < -0.3 is 5.32 Å². The van der Waals surface area contributed by atoms with Crippen molar-refractivity contribution in [3.05, 3.63) is 17.5 Å². The minimum Gasteiger partial charge on any atom is -0.349 e. The van der Waals surface area contributed by atoms with Crippen molar-refractivity contribution in [2.24, 2.45) is 13.0 Å². The summed E-state index contributed by atoms with van der Waals surface area (Å²) in [7, 11) is 1.99. The number of amides is 1. The number of carbonyl (C=O) groups is 1. The molecule has 20 heavy (non-hydrogen) atoms. The molecule has 1 N–H and O–H groups in total. The fourth-order valence-corrected chi connectivity index (χ4v) is 3.76. The van der Waals surface area contributed by atoms with Crippen LogP contribution < -0.4 is 5.32 Å². The van der Waals surface area contributed by atoms with E-state index in [1.807, 2.05) is 17.9 Å². The van der Waals surface area contributed by atoms with Gasteiger partial charge in [0, 0.05) is 24.7 Å². The second-order valence-corrected chi connectivity index (χ2v) is 6.39. The van der Waals surface area contributed by atoms with Crippen molar-refractivity contribution in [1.82, 2.24) is 15.1 Å². The van der Waals surface area contributed by atoms with Crippen LogP contribution in [0.2, 0.25) is 0 Å². The van der Waals surface area contributed by atoms with Crippen LogP contribution in [0.1, 0.15) is 68.7 Å². The highest BCUT2D eigenvalue weighted by atomic mass is 16.1. The van der Waals surface area contributed by atoms with Gasteiger partial charge in [-0.25, -0.2) is 0 Å². The van der Waals surface area contributed by atoms with Crippen molar-refractivity contribution in [2.45, 2.75) is 63.8 Å². The largest absolute Gasteiger partial charge is 0.349 e. The lowest BCUT2D eigenvalue weighted by molar-refractivity contribution is -0.123. The average Bonchev–Trinajstić information content (AvgIpc) is 2.83. The highest BCUT2D eigenvalue weighted by molar-refractivity contribution is 5.76. The standard InChI is InChI=1S/C16H25N3O/c1-19-15-9-5-8-14(13(15)11-17-19)18-16(20)10-12-6-3-2-4-7-12/h11-12,14H,2-10H2,1H3,(H,18,20)/t14-/m0/s1. The second kappa shape index (κ2) is 5.98. The summed E-state index contributed by atoms with van der Waals surface area (Å²) >= 11 is 0. The molecule has 1 heterocycles. The van der Waals surface area contributed by atoms with Crippen molar-refractivity contribution in [1.29, 1.82) is 0 Å². The topological polar surface area (TPSA) is 46.9 Å². The van der Waals surface area contributed by atoms with Crippen LogP contribution in [0.5, 0.6) is 0 Å². The summed E-state index contributed by atoms with van der Waals surface area (Å²) in [5.41, 5.74) is 2.52. The molecule has 0 radical (unpaired) electrons. The van der Waals surface area contributed by atoms with Gasteiger partial charge in [-0.15, -0.1) is 0 Å². The van der Waals surface area contributed by atoms with E-state index in [1.54, 1.807) is 0 Å². The van der Waals surface area contributed by atoms with Crippen LogP contribution in [0.25, 0.3) is 0 Å². The first-order valence-corrected chi connectivity index (χ1v) is 8.04. The Morgan fingerprint density at radius 1 is 1.30 bits per heavy atom. The number of aromatic nitrogens is 2. The lowest BCUT2D eigenvalue weighted by Gasteiger charge is -2.26. The molecule has 1 saturated carbocycles. The van der Waals surface area contributed by atoms with Crippen molar-refractivity contribution >= 4 is 5.91 Å². The van der Waals surface area contributed by atoms with Crippen LogP contribution in [0.4, 0.5) is 0 Å². The van der Waals surface area contributed by atoms with Crippen LogP contribution in [0, 0.1) is 5.92 Å². The zero-order valence-electron chi connectivity index (χ0n) is 12.4. The first kappa shape index (κ1) is 13.7. The lowest BCUT2D eigenvalue weighted by Crippen LogP contribution is -2.32. The number of hydrogen-bond donors (Lipinski definition) is 1. The highest BCUT2D eigenvalue weighted by Gasteiger charge is 2.25. The average molecular weight is 275 g/mol. The van der Waals surface area contributed by atoms with Crippen molar-refractivity contribution < 1.29 is 4.79 Å². The number of aryl methyl sites for hydroxylation is 1. The van der Waals surface area contributed by atoms with E-state index in [9.17, 15) is 4.79 Å². The van der Waals surface area contributed by atoms with Crippen LogP contribution in [-0.2, 0) is 18.3 Å². The molecule has 0 spiro atoms.